The van der Waals surface area contributed by atoms with Gasteiger partial charge in [-0.05, 0) is 24.6 Å². The van der Waals surface area contributed by atoms with Gasteiger partial charge in [-0.25, -0.2) is 0 Å². The molecule has 24 heavy (non-hydrogen) atoms. The SMILES string of the molecule is C[C@@H](C(=O)Nc1sc(-c2ccccc2)cc1C(N)=O)n1cccn1. The van der Waals surface area contributed by atoms with E-state index in [-0.39, 0.29) is 5.91 Å². The molecule has 0 saturated carbocycles. The normalized spacial score (nSPS) is 11.9. The van der Waals surface area contributed by atoms with Crippen molar-refractivity contribution in [2.45, 2.75) is 13.0 Å². The summed E-state index contributed by atoms with van der Waals surface area (Å²) in [5, 5.41) is 7.29. The van der Waals surface area contributed by atoms with E-state index in [0.29, 0.717) is 10.6 Å². The Balaban J connectivity index is 1.88. The van der Waals surface area contributed by atoms with Gasteiger partial charge in [0, 0.05) is 17.3 Å². The smallest absolute Gasteiger partial charge is 0.251 e. The van der Waals surface area contributed by atoms with Gasteiger partial charge in [0.25, 0.3) is 5.91 Å². The predicted molar refractivity (Wildman–Crippen MR) is 93.8 cm³/mol. The molecule has 0 saturated heterocycles. The first-order chi connectivity index (χ1) is 11.6. The molecule has 0 bridgehead atoms. The summed E-state index contributed by atoms with van der Waals surface area (Å²) in [5.74, 6) is -0.835. The molecular weight excluding hydrogens is 324 g/mol. The average molecular weight is 340 g/mol. The standard InChI is InChI=1S/C17H16N4O2S/c1-11(21-9-5-8-19-21)16(23)20-17-13(15(18)22)10-14(24-17)12-6-3-2-4-7-12/h2-11H,1H3,(H2,18,22)(H,20,23)/t11-/m0/s1. The average Bonchev–Trinajstić information content (AvgIpc) is 3.24. The monoisotopic (exact) mass is 340 g/mol. The van der Waals surface area contributed by atoms with Crippen molar-refractivity contribution in [1.82, 2.24) is 9.78 Å². The lowest BCUT2D eigenvalue weighted by atomic mass is 10.1. The van der Waals surface area contributed by atoms with E-state index in [2.05, 4.69) is 10.4 Å². The highest BCUT2D eigenvalue weighted by atomic mass is 32.1. The number of thiophene rings is 1. The van der Waals surface area contributed by atoms with Crippen molar-refractivity contribution in [3.05, 3.63) is 60.4 Å². The summed E-state index contributed by atoms with van der Waals surface area (Å²) in [4.78, 5) is 25.0. The Morgan fingerprint density at radius 2 is 2.00 bits per heavy atom. The number of anilines is 1. The second-order valence-electron chi connectivity index (χ2n) is 5.24. The third-order valence-corrected chi connectivity index (χ3v) is 4.69. The van der Waals surface area contributed by atoms with Crippen LogP contribution in [0.2, 0.25) is 0 Å². The molecule has 1 aromatic carbocycles. The predicted octanol–water partition coefficient (Wildman–Crippen LogP) is 2.91. The van der Waals surface area contributed by atoms with Crippen molar-refractivity contribution in [2.24, 2.45) is 5.73 Å². The Morgan fingerprint density at radius 3 is 2.62 bits per heavy atom. The largest absolute Gasteiger partial charge is 0.366 e. The van der Waals surface area contributed by atoms with Crippen molar-refractivity contribution in [3.63, 3.8) is 0 Å². The van der Waals surface area contributed by atoms with Crippen LogP contribution >= 0.6 is 11.3 Å². The lowest BCUT2D eigenvalue weighted by Crippen LogP contribution is -2.24. The molecule has 0 spiro atoms. The second-order valence-corrected chi connectivity index (χ2v) is 6.29. The molecule has 2 heterocycles. The number of nitrogens with one attached hydrogen (secondary N) is 1. The van der Waals surface area contributed by atoms with E-state index in [4.69, 9.17) is 5.73 Å². The van der Waals surface area contributed by atoms with E-state index < -0.39 is 11.9 Å². The van der Waals surface area contributed by atoms with Crippen molar-refractivity contribution in [2.75, 3.05) is 5.32 Å². The summed E-state index contributed by atoms with van der Waals surface area (Å²) in [6.45, 7) is 1.73. The van der Waals surface area contributed by atoms with Crippen molar-refractivity contribution in [1.29, 1.82) is 0 Å². The number of rotatable bonds is 5. The van der Waals surface area contributed by atoms with Gasteiger partial charge in [-0.2, -0.15) is 5.10 Å². The van der Waals surface area contributed by atoms with Gasteiger partial charge in [0.15, 0.2) is 0 Å². The number of hydrogen-bond donors (Lipinski definition) is 2. The maximum Gasteiger partial charge on any atom is 0.251 e. The lowest BCUT2D eigenvalue weighted by Gasteiger charge is -2.12. The first kappa shape index (κ1) is 15.9. The third-order valence-electron chi connectivity index (χ3n) is 3.59. The highest BCUT2D eigenvalue weighted by molar-refractivity contribution is 7.20. The highest BCUT2D eigenvalue weighted by Gasteiger charge is 2.20. The van der Waals surface area contributed by atoms with Gasteiger partial charge in [-0.3, -0.25) is 14.3 Å². The number of aromatic nitrogens is 2. The van der Waals surface area contributed by atoms with Crippen molar-refractivity contribution in [3.8, 4) is 10.4 Å². The lowest BCUT2D eigenvalue weighted by molar-refractivity contribution is -0.119. The third kappa shape index (κ3) is 3.21. The van der Waals surface area contributed by atoms with Crippen LogP contribution in [0.4, 0.5) is 5.00 Å². The number of nitrogens with two attached hydrogens (primary N) is 1. The summed E-state index contributed by atoms with van der Waals surface area (Å²) in [7, 11) is 0. The summed E-state index contributed by atoms with van der Waals surface area (Å²) < 4.78 is 1.55. The van der Waals surface area contributed by atoms with Crippen LogP contribution < -0.4 is 11.1 Å². The van der Waals surface area contributed by atoms with Crippen LogP contribution in [0, 0.1) is 0 Å². The van der Waals surface area contributed by atoms with E-state index in [1.807, 2.05) is 30.3 Å². The summed E-state index contributed by atoms with van der Waals surface area (Å²) >= 11 is 1.32. The molecule has 0 aliphatic heterocycles. The minimum atomic E-state index is -0.574. The molecule has 3 aromatic rings. The van der Waals surface area contributed by atoms with Crippen LogP contribution in [-0.2, 0) is 4.79 Å². The van der Waals surface area contributed by atoms with Gasteiger partial charge in [-0.1, -0.05) is 30.3 Å². The molecule has 1 atom stereocenters. The summed E-state index contributed by atoms with van der Waals surface area (Å²) in [5.41, 5.74) is 6.72. The molecule has 7 heteroatoms. The van der Waals surface area contributed by atoms with E-state index in [1.54, 1.807) is 36.1 Å². The minimum absolute atomic E-state index is 0.261. The van der Waals surface area contributed by atoms with Gasteiger partial charge < -0.3 is 11.1 Å². The molecule has 0 radical (unpaired) electrons. The molecule has 2 aromatic heterocycles. The zero-order chi connectivity index (χ0) is 17.1. The molecule has 0 aliphatic rings. The quantitative estimate of drug-likeness (QED) is 0.748. The van der Waals surface area contributed by atoms with Crippen LogP contribution in [0.5, 0.6) is 0 Å². The van der Waals surface area contributed by atoms with Crippen LogP contribution in [0.25, 0.3) is 10.4 Å². The van der Waals surface area contributed by atoms with E-state index in [9.17, 15) is 9.59 Å². The molecule has 122 valence electrons. The van der Waals surface area contributed by atoms with Crippen LogP contribution in [0.15, 0.2) is 54.9 Å². The minimum Gasteiger partial charge on any atom is -0.366 e. The fourth-order valence-electron chi connectivity index (χ4n) is 2.26. The summed E-state index contributed by atoms with van der Waals surface area (Å²) in [6, 6.07) is 12.6. The Morgan fingerprint density at radius 1 is 1.25 bits per heavy atom. The number of carbonyl (C=O) groups is 2. The second kappa shape index (κ2) is 6.67. The van der Waals surface area contributed by atoms with Crippen LogP contribution in [0.1, 0.15) is 23.3 Å². The first-order valence-electron chi connectivity index (χ1n) is 7.35. The number of nitrogens with zero attached hydrogens (tertiary/aromatic N) is 2. The maximum atomic E-state index is 12.4. The Hall–Kier alpha value is -2.93. The fourth-order valence-corrected chi connectivity index (χ4v) is 3.33. The van der Waals surface area contributed by atoms with E-state index in [0.717, 1.165) is 10.4 Å². The number of carbonyl (C=O) groups excluding carboxylic acids is 2. The van der Waals surface area contributed by atoms with Gasteiger partial charge in [0.1, 0.15) is 11.0 Å². The topological polar surface area (TPSA) is 90.0 Å². The number of amides is 2. The van der Waals surface area contributed by atoms with E-state index >= 15 is 0 Å². The molecule has 0 aliphatic carbocycles. The first-order valence-corrected chi connectivity index (χ1v) is 8.17. The van der Waals surface area contributed by atoms with Gasteiger partial charge in [0.05, 0.1) is 5.56 Å². The molecule has 0 unspecified atom stereocenters. The van der Waals surface area contributed by atoms with Gasteiger partial charge in [-0.15, -0.1) is 11.3 Å². The number of hydrogen-bond acceptors (Lipinski definition) is 4. The zero-order valence-corrected chi connectivity index (χ0v) is 13.8. The molecule has 6 nitrogen and oxygen atoms in total. The number of benzene rings is 1. The number of primary amides is 1. The van der Waals surface area contributed by atoms with Crippen LogP contribution in [0.3, 0.4) is 0 Å². The fraction of sp³-hybridized carbons (Fsp3) is 0.118. The van der Waals surface area contributed by atoms with Gasteiger partial charge >= 0.3 is 0 Å². The highest BCUT2D eigenvalue weighted by Crippen LogP contribution is 2.35. The molecule has 2 amide bonds. The molecule has 3 rings (SSSR count). The van der Waals surface area contributed by atoms with E-state index in [1.165, 1.54) is 11.3 Å². The maximum absolute atomic E-state index is 12.4. The van der Waals surface area contributed by atoms with Crippen molar-refractivity contribution < 1.29 is 9.59 Å². The Kier molecular flexibility index (Phi) is 4.43. The molecule has 3 N–H and O–H groups in total. The molecule has 0 fully saturated rings. The van der Waals surface area contributed by atoms with Crippen LogP contribution in [-0.4, -0.2) is 21.6 Å². The summed E-state index contributed by atoms with van der Waals surface area (Å²) in [6.07, 6.45) is 3.32. The zero-order valence-electron chi connectivity index (χ0n) is 13.0. The van der Waals surface area contributed by atoms with Crippen molar-refractivity contribution >= 4 is 28.2 Å². The van der Waals surface area contributed by atoms with Gasteiger partial charge in [0.2, 0.25) is 5.91 Å². The Bertz CT molecular complexity index is 856. The Labute approximate surface area is 142 Å². The molecular formula is C17H16N4O2S.